The van der Waals surface area contributed by atoms with Crippen molar-refractivity contribution in [3.63, 3.8) is 0 Å². The molecule has 2 aromatic carbocycles. The lowest BCUT2D eigenvalue weighted by Crippen LogP contribution is -2.23. The smallest absolute Gasteiger partial charge is 0.193 e. The Morgan fingerprint density at radius 1 is 0.941 bits per heavy atom. The van der Waals surface area contributed by atoms with E-state index >= 15 is 0 Å². The first kappa shape index (κ1) is 10.5. The molecule has 0 saturated carbocycles. The number of rotatable bonds is 1. The van der Waals surface area contributed by atoms with Gasteiger partial charge in [-0.05, 0) is 30.8 Å². The molecule has 0 bridgehead atoms. The molecule has 17 heavy (non-hydrogen) atoms. The van der Waals surface area contributed by atoms with Gasteiger partial charge in [0.05, 0.1) is 0 Å². The summed E-state index contributed by atoms with van der Waals surface area (Å²) >= 11 is 5.30. The molecule has 0 aromatic heterocycles. The van der Waals surface area contributed by atoms with Crippen LogP contribution >= 0.6 is 12.2 Å². The van der Waals surface area contributed by atoms with E-state index in [0.717, 1.165) is 16.7 Å². The number of hydrogen-bond donors (Lipinski definition) is 0. The summed E-state index contributed by atoms with van der Waals surface area (Å²) < 4.78 is 5.94. The summed E-state index contributed by atoms with van der Waals surface area (Å²) in [5.74, 6) is 0. The zero-order valence-electron chi connectivity index (χ0n) is 9.51. The molecular weight excluding hydrogens is 228 g/mol. The standard InChI is InChI=1S/C15H12OS/c1-15(11-7-3-2-4-8-11)13-10-6-5-9-12(13)14(17)16-15/h2-10H,1H3. The van der Waals surface area contributed by atoms with Gasteiger partial charge in [0, 0.05) is 11.1 Å². The van der Waals surface area contributed by atoms with E-state index in [1.807, 2.05) is 36.4 Å². The first-order valence-corrected chi connectivity index (χ1v) is 6.01. The Hall–Kier alpha value is -1.67. The maximum absolute atomic E-state index is 5.94. The summed E-state index contributed by atoms with van der Waals surface area (Å²) in [5, 5.41) is 0.590. The zero-order chi connectivity index (χ0) is 11.9. The SMILES string of the molecule is CC1(c2ccccc2)OC(=S)c2ccccc21. The zero-order valence-corrected chi connectivity index (χ0v) is 10.3. The minimum Gasteiger partial charge on any atom is -0.467 e. The number of thiocarbonyl (C=S) groups is 1. The second kappa shape index (κ2) is 3.67. The minimum atomic E-state index is -0.449. The normalized spacial score (nSPS) is 22.1. The third-order valence-electron chi connectivity index (χ3n) is 3.28. The van der Waals surface area contributed by atoms with Crippen molar-refractivity contribution in [1.29, 1.82) is 0 Å². The second-order valence-electron chi connectivity index (χ2n) is 4.33. The summed E-state index contributed by atoms with van der Waals surface area (Å²) in [4.78, 5) is 0. The molecular formula is C15H12OS. The summed E-state index contributed by atoms with van der Waals surface area (Å²) in [6, 6.07) is 18.3. The molecule has 0 saturated heterocycles. The van der Waals surface area contributed by atoms with Gasteiger partial charge in [0.2, 0.25) is 0 Å². The average molecular weight is 240 g/mol. The highest BCUT2D eigenvalue weighted by atomic mass is 32.1. The summed E-state index contributed by atoms with van der Waals surface area (Å²) in [5.41, 5.74) is 2.87. The first-order valence-electron chi connectivity index (χ1n) is 5.60. The molecule has 0 spiro atoms. The molecule has 0 N–H and O–H groups in total. The van der Waals surface area contributed by atoms with Crippen molar-refractivity contribution in [1.82, 2.24) is 0 Å². The van der Waals surface area contributed by atoms with Crippen molar-refractivity contribution in [3.05, 3.63) is 71.3 Å². The highest BCUT2D eigenvalue weighted by molar-refractivity contribution is 7.80. The maximum atomic E-state index is 5.94. The van der Waals surface area contributed by atoms with Gasteiger partial charge in [0.15, 0.2) is 10.7 Å². The largest absolute Gasteiger partial charge is 0.467 e. The quantitative estimate of drug-likeness (QED) is 0.704. The highest BCUT2D eigenvalue weighted by Gasteiger charge is 2.40. The van der Waals surface area contributed by atoms with E-state index in [-0.39, 0.29) is 0 Å². The van der Waals surface area contributed by atoms with Crippen molar-refractivity contribution in [2.24, 2.45) is 0 Å². The van der Waals surface area contributed by atoms with Gasteiger partial charge < -0.3 is 4.74 Å². The van der Waals surface area contributed by atoms with Gasteiger partial charge in [0.25, 0.3) is 0 Å². The second-order valence-corrected chi connectivity index (χ2v) is 4.71. The van der Waals surface area contributed by atoms with E-state index in [1.165, 1.54) is 0 Å². The third-order valence-corrected chi connectivity index (χ3v) is 3.59. The predicted octanol–water partition coefficient (Wildman–Crippen LogP) is 3.66. The molecule has 3 rings (SSSR count). The van der Waals surface area contributed by atoms with Gasteiger partial charge in [-0.25, -0.2) is 0 Å². The molecule has 0 fully saturated rings. The first-order chi connectivity index (χ1) is 8.22. The fourth-order valence-corrected chi connectivity index (χ4v) is 2.69. The predicted molar refractivity (Wildman–Crippen MR) is 72.1 cm³/mol. The van der Waals surface area contributed by atoms with Gasteiger partial charge in [-0.2, -0.15) is 0 Å². The Balaban J connectivity index is 2.21. The van der Waals surface area contributed by atoms with Crippen LogP contribution in [0.1, 0.15) is 23.6 Å². The Morgan fingerprint density at radius 2 is 1.59 bits per heavy atom. The van der Waals surface area contributed by atoms with Gasteiger partial charge in [-0.1, -0.05) is 48.5 Å². The van der Waals surface area contributed by atoms with Crippen molar-refractivity contribution in [2.45, 2.75) is 12.5 Å². The Kier molecular flexibility index (Phi) is 2.26. The van der Waals surface area contributed by atoms with Crippen molar-refractivity contribution >= 4 is 17.3 Å². The molecule has 1 nitrogen and oxygen atoms in total. The molecule has 2 heteroatoms. The van der Waals surface area contributed by atoms with Crippen LogP contribution in [0.25, 0.3) is 0 Å². The van der Waals surface area contributed by atoms with Crippen LogP contribution in [-0.4, -0.2) is 5.05 Å². The van der Waals surface area contributed by atoms with Crippen molar-refractivity contribution in [2.75, 3.05) is 0 Å². The van der Waals surface area contributed by atoms with Crippen LogP contribution < -0.4 is 0 Å². The lowest BCUT2D eigenvalue weighted by atomic mass is 9.87. The molecule has 0 radical (unpaired) electrons. The van der Waals surface area contributed by atoms with Gasteiger partial charge in [-0.3, -0.25) is 0 Å². The van der Waals surface area contributed by atoms with Crippen LogP contribution in [0.2, 0.25) is 0 Å². The average Bonchev–Trinajstić information content (AvgIpc) is 2.65. The minimum absolute atomic E-state index is 0.449. The Morgan fingerprint density at radius 3 is 2.35 bits per heavy atom. The molecule has 0 aliphatic carbocycles. The van der Waals surface area contributed by atoms with Crippen molar-refractivity contribution < 1.29 is 4.74 Å². The third kappa shape index (κ3) is 1.48. The van der Waals surface area contributed by atoms with Crippen molar-refractivity contribution in [3.8, 4) is 0 Å². The molecule has 1 aliphatic rings. The lowest BCUT2D eigenvalue weighted by Gasteiger charge is -2.25. The van der Waals surface area contributed by atoms with E-state index in [1.54, 1.807) is 0 Å². The van der Waals surface area contributed by atoms with Gasteiger partial charge >= 0.3 is 0 Å². The van der Waals surface area contributed by atoms with Crippen LogP contribution in [0.4, 0.5) is 0 Å². The van der Waals surface area contributed by atoms with Gasteiger partial charge in [-0.15, -0.1) is 0 Å². The molecule has 1 aliphatic heterocycles. The number of benzene rings is 2. The molecule has 0 amide bonds. The maximum Gasteiger partial charge on any atom is 0.193 e. The fourth-order valence-electron chi connectivity index (χ4n) is 2.34. The number of hydrogen-bond acceptors (Lipinski definition) is 2. The summed E-state index contributed by atoms with van der Waals surface area (Å²) in [6.45, 7) is 2.07. The highest BCUT2D eigenvalue weighted by Crippen LogP contribution is 2.41. The topological polar surface area (TPSA) is 9.23 Å². The molecule has 1 unspecified atom stereocenters. The molecule has 1 atom stereocenters. The van der Waals surface area contributed by atoms with Crippen LogP contribution in [0, 0.1) is 0 Å². The summed E-state index contributed by atoms with van der Waals surface area (Å²) in [6.07, 6.45) is 0. The van der Waals surface area contributed by atoms with E-state index in [0.29, 0.717) is 5.05 Å². The molecule has 2 aromatic rings. The monoisotopic (exact) mass is 240 g/mol. The number of ether oxygens (including phenoxy) is 1. The van der Waals surface area contributed by atoms with Gasteiger partial charge in [0.1, 0.15) is 0 Å². The van der Waals surface area contributed by atoms with Crippen LogP contribution in [0.5, 0.6) is 0 Å². The van der Waals surface area contributed by atoms with E-state index < -0.39 is 5.60 Å². The van der Waals surface area contributed by atoms with E-state index in [9.17, 15) is 0 Å². The summed E-state index contributed by atoms with van der Waals surface area (Å²) in [7, 11) is 0. The van der Waals surface area contributed by atoms with E-state index in [2.05, 4.69) is 25.1 Å². The van der Waals surface area contributed by atoms with E-state index in [4.69, 9.17) is 17.0 Å². The number of fused-ring (bicyclic) bond motifs is 1. The van der Waals surface area contributed by atoms with Crippen LogP contribution in [0.15, 0.2) is 54.6 Å². The van der Waals surface area contributed by atoms with Crippen LogP contribution in [0.3, 0.4) is 0 Å². The fraction of sp³-hybridized carbons (Fsp3) is 0.133. The Labute approximate surface area is 106 Å². The lowest BCUT2D eigenvalue weighted by molar-refractivity contribution is 0.139. The molecule has 1 heterocycles. The molecule has 84 valence electrons. The Bertz CT molecular complexity index is 576. The van der Waals surface area contributed by atoms with Crippen LogP contribution in [-0.2, 0) is 10.3 Å².